The number of esters is 2. The Morgan fingerprint density at radius 2 is 1.81 bits per heavy atom. The van der Waals surface area contributed by atoms with Crippen LogP contribution in [0.1, 0.15) is 72.1 Å². The van der Waals surface area contributed by atoms with E-state index in [4.69, 9.17) is 18.9 Å². The molecule has 0 aromatic rings. The fourth-order valence-electron chi connectivity index (χ4n) is 6.27. The van der Waals surface area contributed by atoms with Crippen molar-refractivity contribution in [3.63, 3.8) is 0 Å². The highest BCUT2D eigenvalue weighted by Gasteiger charge is 2.62. The van der Waals surface area contributed by atoms with Crippen LogP contribution in [0.5, 0.6) is 0 Å². The summed E-state index contributed by atoms with van der Waals surface area (Å²) in [5.41, 5.74) is -2.38. The van der Waals surface area contributed by atoms with Crippen molar-refractivity contribution < 1.29 is 41.7 Å². The molecule has 1 saturated heterocycles. The number of hydrogen-bond acceptors (Lipinski definition) is 6. The zero-order chi connectivity index (χ0) is 23.4. The minimum Gasteiger partial charge on any atom is -0.464 e. The van der Waals surface area contributed by atoms with Crippen LogP contribution < -0.4 is 0 Å². The lowest BCUT2D eigenvalue weighted by Gasteiger charge is -2.61. The second-order valence-electron chi connectivity index (χ2n) is 10.7. The first kappa shape index (κ1) is 23.8. The first-order valence-electron chi connectivity index (χ1n) is 11.6. The van der Waals surface area contributed by atoms with E-state index >= 15 is 0 Å². The van der Waals surface area contributed by atoms with Gasteiger partial charge in [-0.15, -0.1) is 0 Å². The summed E-state index contributed by atoms with van der Waals surface area (Å²) in [6.45, 7) is 4.29. The maximum atomic E-state index is 13.2. The van der Waals surface area contributed by atoms with Crippen LogP contribution >= 0.6 is 0 Å². The van der Waals surface area contributed by atoms with Gasteiger partial charge in [0.05, 0.1) is 24.2 Å². The Balaban J connectivity index is 1.46. The number of carbonyl (C=O) groups excluding carboxylic acids is 2. The molecule has 32 heavy (non-hydrogen) atoms. The van der Waals surface area contributed by atoms with Crippen molar-refractivity contribution >= 4 is 11.9 Å². The molecule has 0 aromatic carbocycles. The normalized spacial score (nSPS) is 38.9. The Bertz CT molecular complexity index is 739. The second-order valence-corrected chi connectivity index (χ2v) is 10.7. The molecule has 0 amide bonds. The molecule has 4 aliphatic carbocycles. The Morgan fingerprint density at radius 1 is 1.19 bits per heavy atom. The lowest BCUT2D eigenvalue weighted by molar-refractivity contribution is -0.251. The van der Waals surface area contributed by atoms with E-state index in [1.165, 1.54) is 0 Å². The molecular formula is C23H33F3O6. The van der Waals surface area contributed by atoms with Gasteiger partial charge in [0.1, 0.15) is 5.60 Å². The molecule has 5 unspecified atom stereocenters. The minimum atomic E-state index is -4.48. The van der Waals surface area contributed by atoms with E-state index in [-0.39, 0.29) is 12.6 Å². The van der Waals surface area contributed by atoms with Gasteiger partial charge < -0.3 is 18.9 Å². The van der Waals surface area contributed by atoms with Crippen molar-refractivity contribution in [1.82, 2.24) is 0 Å². The predicted molar refractivity (Wildman–Crippen MR) is 107 cm³/mol. The lowest BCUT2D eigenvalue weighted by Crippen LogP contribution is -2.63. The molecule has 6 nitrogen and oxygen atoms in total. The number of cyclic esters (lactones) is 1. The van der Waals surface area contributed by atoms with E-state index in [9.17, 15) is 22.8 Å². The summed E-state index contributed by atoms with van der Waals surface area (Å²) in [6.07, 6.45) is -1.47. The quantitative estimate of drug-likeness (QED) is 0.500. The standard InChI is InChI=1S/C23H33F3O6/c1-4-20(3,13-30-14(2)23(24,25)26)19(28)32-22-10-15-7-16(11-22)9-21(8-15,12-22)31-17-5-6-29-18(17)27/h14-17H,4-13H2,1-3H3. The molecule has 5 fully saturated rings. The van der Waals surface area contributed by atoms with Gasteiger partial charge in [0.25, 0.3) is 0 Å². The SMILES string of the molecule is CCC(C)(COC(C)C(F)(F)F)C(=O)OC12CC3CC(C1)CC(OC1CCOC1=O)(C3)C2. The van der Waals surface area contributed by atoms with Crippen molar-refractivity contribution in [2.75, 3.05) is 13.2 Å². The number of rotatable bonds is 8. The van der Waals surface area contributed by atoms with Gasteiger partial charge in [0, 0.05) is 12.8 Å². The number of hydrogen-bond donors (Lipinski definition) is 0. The summed E-state index contributed by atoms with van der Waals surface area (Å²) in [4.78, 5) is 25.2. The number of alkyl halides is 3. The third kappa shape index (κ3) is 4.52. The largest absolute Gasteiger partial charge is 0.464 e. The molecule has 0 N–H and O–H groups in total. The van der Waals surface area contributed by atoms with Crippen LogP contribution in [0.3, 0.4) is 0 Å². The number of ether oxygens (including phenoxy) is 4. The molecule has 4 saturated carbocycles. The fraction of sp³-hybridized carbons (Fsp3) is 0.913. The highest BCUT2D eigenvalue weighted by Crippen LogP contribution is 2.61. The van der Waals surface area contributed by atoms with E-state index in [2.05, 4.69) is 0 Å². The highest BCUT2D eigenvalue weighted by molar-refractivity contribution is 5.77. The first-order chi connectivity index (χ1) is 14.9. The fourth-order valence-corrected chi connectivity index (χ4v) is 6.27. The molecule has 5 rings (SSSR count). The topological polar surface area (TPSA) is 71.1 Å². The van der Waals surface area contributed by atoms with Crippen LogP contribution in [0.4, 0.5) is 13.2 Å². The minimum absolute atomic E-state index is 0.301. The molecule has 182 valence electrons. The van der Waals surface area contributed by atoms with Crippen molar-refractivity contribution in [2.24, 2.45) is 17.3 Å². The summed E-state index contributed by atoms with van der Waals surface area (Å²) < 4.78 is 61.2. The zero-order valence-electron chi connectivity index (χ0n) is 19.0. The van der Waals surface area contributed by atoms with Gasteiger partial charge in [-0.1, -0.05) is 6.92 Å². The zero-order valence-corrected chi connectivity index (χ0v) is 19.0. The van der Waals surface area contributed by atoms with Crippen LogP contribution in [-0.4, -0.2) is 54.7 Å². The summed E-state index contributed by atoms with van der Waals surface area (Å²) in [7, 11) is 0. The average Bonchev–Trinajstić information content (AvgIpc) is 3.07. The van der Waals surface area contributed by atoms with Crippen molar-refractivity contribution in [3.05, 3.63) is 0 Å². The molecule has 5 aliphatic rings. The van der Waals surface area contributed by atoms with Crippen molar-refractivity contribution in [3.8, 4) is 0 Å². The molecule has 4 bridgehead atoms. The van der Waals surface area contributed by atoms with Crippen LogP contribution in [-0.2, 0) is 28.5 Å². The molecule has 0 aromatic heterocycles. The van der Waals surface area contributed by atoms with Gasteiger partial charge in [-0.25, -0.2) is 4.79 Å². The van der Waals surface area contributed by atoms with Gasteiger partial charge in [-0.05, 0) is 64.2 Å². The number of carbonyl (C=O) groups is 2. The Labute approximate surface area is 186 Å². The summed E-state index contributed by atoms with van der Waals surface area (Å²) in [5, 5.41) is 0. The van der Waals surface area contributed by atoms with Gasteiger partial charge in [-0.3, -0.25) is 4.79 Å². The third-order valence-electron chi connectivity index (χ3n) is 7.93. The molecule has 1 aliphatic heterocycles. The molecule has 0 spiro atoms. The average molecular weight is 463 g/mol. The monoisotopic (exact) mass is 462 g/mol. The Kier molecular flexibility index (Phi) is 6.06. The molecule has 5 atom stereocenters. The molecule has 0 radical (unpaired) electrons. The summed E-state index contributed by atoms with van der Waals surface area (Å²) in [5.74, 6) is -0.167. The second kappa shape index (κ2) is 8.15. The van der Waals surface area contributed by atoms with Gasteiger partial charge in [0.2, 0.25) is 0 Å². The van der Waals surface area contributed by atoms with Gasteiger partial charge in [-0.2, -0.15) is 13.2 Å². The van der Waals surface area contributed by atoms with Crippen LogP contribution in [0, 0.1) is 17.3 Å². The summed E-state index contributed by atoms with van der Waals surface area (Å²) in [6, 6.07) is 0. The molecular weight excluding hydrogens is 429 g/mol. The Hall–Kier alpha value is -1.35. The van der Waals surface area contributed by atoms with E-state index in [1.807, 2.05) is 0 Å². The smallest absolute Gasteiger partial charge is 0.414 e. The maximum Gasteiger partial charge on any atom is 0.414 e. The van der Waals surface area contributed by atoms with Gasteiger partial charge >= 0.3 is 18.1 Å². The first-order valence-corrected chi connectivity index (χ1v) is 11.6. The maximum absolute atomic E-state index is 13.2. The van der Waals surface area contributed by atoms with Crippen LogP contribution in [0.25, 0.3) is 0 Å². The predicted octanol–water partition coefficient (Wildman–Crippen LogP) is 4.34. The highest BCUT2D eigenvalue weighted by atomic mass is 19.4. The van der Waals surface area contributed by atoms with Crippen LogP contribution in [0.2, 0.25) is 0 Å². The molecule has 9 heteroatoms. The van der Waals surface area contributed by atoms with E-state index in [0.29, 0.717) is 37.7 Å². The third-order valence-corrected chi connectivity index (χ3v) is 7.93. The Morgan fingerprint density at radius 3 is 2.34 bits per heavy atom. The van der Waals surface area contributed by atoms with E-state index in [0.717, 1.165) is 39.0 Å². The lowest BCUT2D eigenvalue weighted by atomic mass is 9.52. The molecule has 1 heterocycles. The van der Waals surface area contributed by atoms with Crippen molar-refractivity contribution in [1.29, 1.82) is 0 Å². The van der Waals surface area contributed by atoms with Crippen molar-refractivity contribution in [2.45, 2.75) is 102 Å². The van der Waals surface area contributed by atoms with E-state index in [1.54, 1.807) is 13.8 Å². The number of halogens is 3. The van der Waals surface area contributed by atoms with Gasteiger partial charge in [0.15, 0.2) is 12.2 Å². The van der Waals surface area contributed by atoms with Crippen LogP contribution in [0.15, 0.2) is 0 Å². The van der Waals surface area contributed by atoms with E-state index < -0.39 is 41.0 Å². The summed E-state index contributed by atoms with van der Waals surface area (Å²) >= 11 is 0.